The maximum absolute atomic E-state index is 5.64. The molecule has 0 unspecified atom stereocenters. The normalized spacial score (nSPS) is 10.9. The molecule has 1 heterocycles. The molecule has 0 aliphatic heterocycles. The zero-order valence-corrected chi connectivity index (χ0v) is 11.9. The summed E-state index contributed by atoms with van der Waals surface area (Å²) < 4.78 is 1.71. The van der Waals surface area contributed by atoms with E-state index < -0.39 is 0 Å². The Kier molecular flexibility index (Phi) is 4.24. The molecule has 19 heavy (non-hydrogen) atoms. The van der Waals surface area contributed by atoms with Gasteiger partial charge in [-0.2, -0.15) is 0 Å². The standard InChI is InChI=1S/C13H17N5S/c1-17(8-12-9-18(2)16-15-12)7-10-4-3-5-11(6-10)13(14)19/h3-6,9H,7-8H2,1-2H3,(H2,14,19). The van der Waals surface area contributed by atoms with Gasteiger partial charge in [0.15, 0.2) is 0 Å². The number of nitrogens with two attached hydrogens (primary N) is 1. The lowest BCUT2D eigenvalue weighted by Crippen LogP contribution is -2.18. The third-order valence-corrected chi connectivity index (χ3v) is 2.98. The summed E-state index contributed by atoms with van der Waals surface area (Å²) in [6.07, 6.45) is 1.92. The number of aromatic nitrogens is 3. The fourth-order valence-electron chi connectivity index (χ4n) is 1.93. The van der Waals surface area contributed by atoms with Crippen molar-refractivity contribution in [2.45, 2.75) is 13.1 Å². The smallest absolute Gasteiger partial charge is 0.103 e. The molecule has 1 aromatic heterocycles. The Labute approximate surface area is 118 Å². The predicted octanol–water partition coefficient (Wildman–Crippen LogP) is 1.08. The summed E-state index contributed by atoms with van der Waals surface area (Å²) in [5.74, 6) is 0. The average Bonchev–Trinajstić information content (AvgIpc) is 2.74. The third kappa shape index (κ3) is 3.84. The topological polar surface area (TPSA) is 60.0 Å². The van der Waals surface area contributed by atoms with Crippen LogP contribution in [0.3, 0.4) is 0 Å². The summed E-state index contributed by atoms with van der Waals surface area (Å²) in [6, 6.07) is 7.99. The van der Waals surface area contributed by atoms with E-state index in [2.05, 4.69) is 21.3 Å². The van der Waals surface area contributed by atoms with Gasteiger partial charge in [0.1, 0.15) is 4.99 Å². The van der Waals surface area contributed by atoms with Crippen LogP contribution < -0.4 is 5.73 Å². The number of aryl methyl sites for hydroxylation is 1. The van der Waals surface area contributed by atoms with Crippen LogP contribution in [-0.2, 0) is 20.1 Å². The monoisotopic (exact) mass is 275 g/mol. The Morgan fingerprint density at radius 1 is 1.42 bits per heavy atom. The van der Waals surface area contributed by atoms with Gasteiger partial charge in [-0.1, -0.05) is 35.6 Å². The summed E-state index contributed by atoms with van der Waals surface area (Å²) in [5, 5.41) is 7.99. The van der Waals surface area contributed by atoms with Crippen LogP contribution in [0.25, 0.3) is 0 Å². The number of rotatable bonds is 5. The molecule has 0 saturated carbocycles. The number of hydrogen-bond acceptors (Lipinski definition) is 4. The van der Waals surface area contributed by atoms with Crippen molar-refractivity contribution in [2.75, 3.05) is 7.05 Å². The Hall–Kier alpha value is -1.79. The van der Waals surface area contributed by atoms with Crippen molar-refractivity contribution in [3.63, 3.8) is 0 Å². The summed E-state index contributed by atoms with van der Waals surface area (Å²) in [4.78, 5) is 2.60. The highest BCUT2D eigenvalue weighted by Gasteiger charge is 2.06. The molecule has 0 radical (unpaired) electrons. The maximum atomic E-state index is 5.64. The zero-order valence-electron chi connectivity index (χ0n) is 11.1. The maximum Gasteiger partial charge on any atom is 0.103 e. The fourth-order valence-corrected chi connectivity index (χ4v) is 2.06. The van der Waals surface area contributed by atoms with Crippen LogP contribution in [0.15, 0.2) is 30.5 Å². The molecule has 100 valence electrons. The molecule has 0 bridgehead atoms. The molecule has 0 spiro atoms. The summed E-state index contributed by atoms with van der Waals surface area (Å²) in [6.45, 7) is 1.57. The van der Waals surface area contributed by atoms with Gasteiger partial charge in [0.25, 0.3) is 0 Å². The Balaban J connectivity index is 2.00. The second kappa shape index (κ2) is 5.90. The van der Waals surface area contributed by atoms with Crippen molar-refractivity contribution in [1.82, 2.24) is 19.9 Å². The molecule has 0 fully saturated rings. The van der Waals surface area contributed by atoms with Crippen LogP contribution in [-0.4, -0.2) is 31.9 Å². The van der Waals surface area contributed by atoms with Gasteiger partial charge in [-0.25, -0.2) is 0 Å². The molecule has 0 amide bonds. The van der Waals surface area contributed by atoms with Crippen molar-refractivity contribution in [1.29, 1.82) is 0 Å². The first-order valence-electron chi connectivity index (χ1n) is 5.97. The molecule has 2 rings (SSSR count). The van der Waals surface area contributed by atoms with E-state index in [4.69, 9.17) is 18.0 Å². The number of thiocarbonyl (C=S) groups is 1. The Bertz CT molecular complexity index is 578. The van der Waals surface area contributed by atoms with E-state index in [1.807, 2.05) is 38.5 Å². The Morgan fingerprint density at radius 2 is 2.21 bits per heavy atom. The summed E-state index contributed by atoms with van der Waals surface area (Å²) >= 11 is 4.99. The van der Waals surface area contributed by atoms with Crippen molar-refractivity contribution >= 4 is 17.2 Å². The van der Waals surface area contributed by atoms with Gasteiger partial charge in [-0.15, -0.1) is 5.10 Å². The van der Waals surface area contributed by atoms with E-state index in [9.17, 15) is 0 Å². The number of nitrogens with zero attached hydrogens (tertiary/aromatic N) is 4. The zero-order chi connectivity index (χ0) is 13.8. The van der Waals surface area contributed by atoms with Crippen molar-refractivity contribution in [3.05, 3.63) is 47.3 Å². The van der Waals surface area contributed by atoms with Crippen LogP contribution in [0.2, 0.25) is 0 Å². The molecular weight excluding hydrogens is 258 g/mol. The molecule has 5 nitrogen and oxygen atoms in total. The second-order valence-corrected chi connectivity index (χ2v) is 5.06. The quantitative estimate of drug-likeness (QED) is 0.828. The average molecular weight is 275 g/mol. The van der Waals surface area contributed by atoms with Gasteiger partial charge in [0.05, 0.1) is 5.69 Å². The number of benzene rings is 1. The molecule has 0 saturated heterocycles. The minimum Gasteiger partial charge on any atom is -0.389 e. The molecule has 0 atom stereocenters. The highest BCUT2D eigenvalue weighted by atomic mass is 32.1. The molecule has 6 heteroatoms. The largest absolute Gasteiger partial charge is 0.389 e. The SMILES string of the molecule is CN(Cc1cccc(C(N)=S)c1)Cc1cn(C)nn1. The molecule has 2 aromatic rings. The van der Waals surface area contributed by atoms with E-state index in [1.165, 1.54) is 5.56 Å². The molecule has 0 aliphatic carbocycles. The van der Waals surface area contributed by atoms with Crippen LogP contribution in [0, 0.1) is 0 Å². The van der Waals surface area contributed by atoms with Crippen molar-refractivity contribution in [2.24, 2.45) is 12.8 Å². The predicted molar refractivity (Wildman–Crippen MR) is 78.5 cm³/mol. The van der Waals surface area contributed by atoms with Crippen LogP contribution in [0.1, 0.15) is 16.8 Å². The first-order valence-corrected chi connectivity index (χ1v) is 6.38. The van der Waals surface area contributed by atoms with Gasteiger partial charge < -0.3 is 5.73 Å². The van der Waals surface area contributed by atoms with Gasteiger partial charge in [0, 0.05) is 31.9 Å². The molecular formula is C13H17N5S. The number of hydrogen-bond donors (Lipinski definition) is 1. The van der Waals surface area contributed by atoms with E-state index in [0.29, 0.717) is 4.99 Å². The summed E-state index contributed by atoms with van der Waals surface area (Å²) in [5.41, 5.74) is 8.67. The van der Waals surface area contributed by atoms with E-state index in [1.54, 1.807) is 4.68 Å². The van der Waals surface area contributed by atoms with E-state index in [-0.39, 0.29) is 0 Å². The highest BCUT2D eigenvalue weighted by molar-refractivity contribution is 7.80. The lowest BCUT2D eigenvalue weighted by Gasteiger charge is -2.15. The minimum absolute atomic E-state index is 0.429. The van der Waals surface area contributed by atoms with Crippen LogP contribution >= 0.6 is 12.2 Å². The second-order valence-electron chi connectivity index (χ2n) is 4.62. The first-order chi connectivity index (χ1) is 9.04. The van der Waals surface area contributed by atoms with Crippen LogP contribution in [0.4, 0.5) is 0 Å². The lowest BCUT2D eigenvalue weighted by molar-refractivity contribution is 0.315. The van der Waals surface area contributed by atoms with Gasteiger partial charge in [-0.05, 0) is 18.7 Å². The van der Waals surface area contributed by atoms with Gasteiger partial charge in [0.2, 0.25) is 0 Å². The molecule has 1 aromatic carbocycles. The molecule has 0 aliphatic rings. The van der Waals surface area contributed by atoms with Gasteiger partial charge in [-0.3, -0.25) is 9.58 Å². The first kappa shape index (κ1) is 13.6. The Morgan fingerprint density at radius 3 is 2.84 bits per heavy atom. The van der Waals surface area contributed by atoms with E-state index >= 15 is 0 Å². The van der Waals surface area contributed by atoms with Crippen molar-refractivity contribution < 1.29 is 0 Å². The van der Waals surface area contributed by atoms with Crippen molar-refractivity contribution in [3.8, 4) is 0 Å². The third-order valence-electron chi connectivity index (χ3n) is 2.75. The highest BCUT2D eigenvalue weighted by Crippen LogP contribution is 2.09. The van der Waals surface area contributed by atoms with E-state index in [0.717, 1.165) is 24.3 Å². The minimum atomic E-state index is 0.429. The molecule has 2 N–H and O–H groups in total. The summed E-state index contributed by atoms with van der Waals surface area (Å²) in [7, 11) is 3.91. The fraction of sp³-hybridized carbons (Fsp3) is 0.308. The van der Waals surface area contributed by atoms with Crippen LogP contribution in [0.5, 0.6) is 0 Å². The van der Waals surface area contributed by atoms with Gasteiger partial charge >= 0.3 is 0 Å². The lowest BCUT2D eigenvalue weighted by atomic mass is 10.1.